The van der Waals surface area contributed by atoms with Crippen LogP contribution in [0, 0.1) is 11.3 Å². The molecule has 0 amide bonds. The van der Waals surface area contributed by atoms with Crippen molar-refractivity contribution in [3.05, 3.63) is 59.2 Å². The summed E-state index contributed by atoms with van der Waals surface area (Å²) in [6.45, 7) is 1.05. The second-order valence-electron chi connectivity index (χ2n) is 5.78. The Bertz CT molecular complexity index is 926. The lowest BCUT2D eigenvalue weighted by molar-refractivity contribution is 0.402. The van der Waals surface area contributed by atoms with E-state index in [0.29, 0.717) is 5.56 Å². The van der Waals surface area contributed by atoms with Gasteiger partial charge in [-0.25, -0.2) is 13.1 Å². The van der Waals surface area contributed by atoms with E-state index in [2.05, 4.69) is 16.1 Å². The van der Waals surface area contributed by atoms with Crippen LogP contribution in [-0.4, -0.2) is 28.6 Å². The van der Waals surface area contributed by atoms with Gasteiger partial charge in [0.1, 0.15) is 10.6 Å². The Labute approximate surface area is 159 Å². The molecule has 1 aliphatic heterocycles. The van der Waals surface area contributed by atoms with Crippen LogP contribution in [-0.2, 0) is 16.4 Å². The summed E-state index contributed by atoms with van der Waals surface area (Å²) in [6.07, 6.45) is 0.933. The Hall–Kier alpha value is -2.11. The molecule has 0 fully saturated rings. The molecular weight excluding hydrogens is 374 g/mol. The van der Waals surface area contributed by atoms with E-state index in [1.807, 2.05) is 24.3 Å². The minimum absolute atomic E-state index is 0. The Morgan fingerprint density at radius 3 is 2.81 bits per heavy atom. The highest BCUT2D eigenvalue weighted by Gasteiger charge is 2.24. The molecule has 0 aromatic heterocycles. The molecule has 1 heterocycles. The van der Waals surface area contributed by atoms with Gasteiger partial charge in [0.15, 0.2) is 0 Å². The minimum Gasteiger partial charge on any atom is -0.495 e. The number of nitriles is 1. The fraction of sp³-hybridized carbons (Fsp3) is 0.278. The van der Waals surface area contributed by atoms with E-state index in [4.69, 9.17) is 10.00 Å². The summed E-state index contributed by atoms with van der Waals surface area (Å²) < 4.78 is 33.1. The third-order valence-corrected chi connectivity index (χ3v) is 5.74. The molecular formula is C18H20ClN3O3S. The lowest BCUT2D eigenvalue weighted by Gasteiger charge is -2.27. The van der Waals surface area contributed by atoms with E-state index >= 15 is 0 Å². The van der Waals surface area contributed by atoms with Crippen molar-refractivity contribution in [1.82, 2.24) is 10.0 Å². The zero-order chi connectivity index (χ0) is 17.9. The third kappa shape index (κ3) is 4.17. The molecule has 2 N–H and O–H groups in total. The van der Waals surface area contributed by atoms with E-state index in [0.717, 1.165) is 18.5 Å². The third-order valence-electron chi connectivity index (χ3n) is 4.28. The van der Waals surface area contributed by atoms with Crippen LogP contribution in [0.1, 0.15) is 22.7 Å². The van der Waals surface area contributed by atoms with Crippen LogP contribution in [0.3, 0.4) is 0 Å². The first kappa shape index (κ1) is 20.2. The van der Waals surface area contributed by atoms with Gasteiger partial charge in [-0.3, -0.25) is 0 Å². The summed E-state index contributed by atoms with van der Waals surface area (Å²) in [4.78, 5) is 0.0260. The molecule has 0 radical (unpaired) electrons. The number of hydrogen-bond acceptors (Lipinski definition) is 5. The van der Waals surface area contributed by atoms with Crippen LogP contribution >= 0.6 is 12.4 Å². The SMILES string of the molecule is COc1cc(C#N)ccc1S(=O)(=O)NCC1NCCc2ccccc21.Cl. The topological polar surface area (TPSA) is 91.2 Å². The number of benzene rings is 2. The maximum absolute atomic E-state index is 12.7. The van der Waals surface area contributed by atoms with Gasteiger partial charge in [0.2, 0.25) is 10.0 Å². The summed E-state index contributed by atoms with van der Waals surface area (Å²) in [5, 5.41) is 12.3. The number of nitrogens with one attached hydrogen (secondary N) is 2. The van der Waals surface area contributed by atoms with Gasteiger partial charge in [-0.15, -0.1) is 12.4 Å². The minimum atomic E-state index is -3.75. The fourth-order valence-electron chi connectivity index (χ4n) is 3.00. The Kier molecular flexibility index (Phi) is 6.62. The van der Waals surface area contributed by atoms with Crippen molar-refractivity contribution in [1.29, 1.82) is 5.26 Å². The maximum Gasteiger partial charge on any atom is 0.244 e. The molecule has 1 unspecified atom stereocenters. The molecule has 0 saturated carbocycles. The largest absolute Gasteiger partial charge is 0.495 e. The number of nitrogens with zero attached hydrogens (tertiary/aromatic N) is 1. The molecule has 1 atom stereocenters. The predicted molar refractivity (Wildman–Crippen MR) is 101 cm³/mol. The first-order chi connectivity index (χ1) is 12.0. The van der Waals surface area contributed by atoms with E-state index < -0.39 is 10.0 Å². The molecule has 2 aromatic carbocycles. The number of methoxy groups -OCH3 is 1. The van der Waals surface area contributed by atoms with Gasteiger partial charge in [-0.05, 0) is 42.3 Å². The monoisotopic (exact) mass is 393 g/mol. The zero-order valence-corrected chi connectivity index (χ0v) is 15.9. The van der Waals surface area contributed by atoms with Crippen molar-refractivity contribution in [2.75, 3.05) is 20.2 Å². The summed E-state index contributed by atoms with van der Waals surface area (Å²) in [5.74, 6) is 0.156. The van der Waals surface area contributed by atoms with Crippen LogP contribution in [0.15, 0.2) is 47.4 Å². The summed E-state index contributed by atoms with van der Waals surface area (Å²) >= 11 is 0. The summed E-state index contributed by atoms with van der Waals surface area (Å²) in [6, 6.07) is 14.2. The number of hydrogen-bond donors (Lipinski definition) is 2. The summed E-state index contributed by atoms with van der Waals surface area (Å²) in [7, 11) is -2.37. The lowest BCUT2D eigenvalue weighted by atomic mass is 9.95. The lowest BCUT2D eigenvalue weighted by Crippen LogP contribution is -2.38. The van der Waals surface area contributed by atoms with Crippen LogP contribution in [0.4, 0.5) is 0 Å². The molecule has 0 bridgehead atoms. The normalized spacial score (nSPS) is 16.1. The average molecular weight is 394 g/mol. The molecule has 8 heteroatoms. The van der Waals surface area contributed by atoms with E-state index in [9.17, 15) is 8.42 Å². The molecule has 6 nitrogen and oxygen atoms in total. The average Bonchev–Trinajstić information content (AvgIpc) is 2.65. The van der Waals surface area contributed by atoms with Gasteiger partial charge in [-0.2, -0.15) is 5.26 Å². The van der Waals surface area contributed by atoms with Crippen molar-refractivity contribution in [3.63, 3.8) is 0 Å². The fourth-order valence-corrected chi connectivity index (χ4v) is 4.20. The molecule has 0 spiro atoms. The zero-order valence-electron chi connectivity index (χ0n) is 14.2. The number of ether oxygens (including phenoxy) is 1. The van der Waals surface area contributed by atoms with Gasteiger partial charge in [0, 0.05) is 12.6 Å². The van der Waals surface area contributed by atoms with Crippen molar-refractivity contribution < 1.29 is 13.2 Å². The van der Waals surface area contributed by atoms with Crippen LogP contribution in [0.5, 0.6) is 5.75 Å². The molecule has 26 heavy (non-hydrogen) atoms. The molecule has 1 aliphatic rings. The number of sulfonamides is 1. The van der Waals surface area contributed by atoms with Gasteiger partial charge >= 0.3 is 0 Å². The molecule has 2 aromatic rings. The van der Waals surface area contributed by atoms with Crippen LogP contribution in [0.25, 0.3) is 0 Å². The van der Waals surface area contributed by atoms with Gasteiger partial charge in [0.25, 0.3) is 0 Å². The van der Waals surface area contributed by atoms with Gasteiger partial charge in [0.05, 0.1) is 18.7 Å². The first-order valence-corrected chi connectivity index (χ1v) is 9.42. The number of halogens is 1. The standard InChI is InChI=1S/C18H19N3O3S.ClH/c1-24-17-10-13(11-19)6-7-18(17)25(22,23)21-12-16-15-5-3-2-4-14(15)8-9-20-16;/h2-7,10,16,20-21H,8-9,12H2,1H3;1H. The molecule has 138 valence electrons. The number of fused-ring (bicyclic) bond motifs is 1. The van der Waals surface area contributed by atoms with Crippen LogP contribution < -0.4 is 14.8 Å². The highest BCUT2D eigenvalue weighted by molar-refractivity contribution is 7.89. The van der Waals surface area contributed by atoms with Crippen LogP contribution in [0.2, 0.25) is 0 Å². The Balaban J connectivity index is 0.00000243. The Morgan fingerprint density at radius 1 is 1.31 bits per heavy atom. The van der Waals surface area contributed by atoms with Crippen molar-refractivity contribution >= 4 is 22.4 Å². The summed E-state index contributed by atoms with van der Waals surface area (Å²) in [5.41, 5.74) is 2.70. The smallest absolute Gasteiger partial charge is 0.244 e. The highest BCUT2D eigenvalue weighted by atomic mass is 35.5. The van der Waals surface area contributed by atoms with Gasteiger partial charge in [-0.1, -0.05) is 24.3 Å². The van der Waals surface area contributed by atoms with Crippen molar-refractivity contribution in [2.24, 2.45) is 0 Å². The number of rotatable bonds is 5. The molecule has 0 aliphatic carbocycles. The van der Waals surface area contributed by atoms with Crippen molar-refractivity contribution in [2.45, 2.75) is 17.4 Å². The predicted octanol–water partition coefficient (Wildman–Crippen LogP) is 2.15. The van der Waals surface area contributed by atoms with E-state index in [1.165, 1.54) is 30.9 Å². The second kappa shape index (κ2) is 8.52. The van der Waals surface area contributed by atoms with E-state index in [1.54, 1.807) is 0 Å². The van der Waals surface area contributed by atoms with Crippen molar-refractivity contribution in [3.8, 4) is 11.8 Å². The van der Waals surface area contributed by atoms with Gasteiger partial charge < -0.3 is 10.1 Å². The molecule has 3 rings (SSSR count). The maximum atomic E-state index is 12.7. The Morgan fingerprint density at radius 2 is 2.08 bits per heavy atom. The quantitative estimate of drug-likeness (QED) is 0.812. The highest BCUT2D eigenvalue weighted by Crippen LogP contribution is 2.26. The second-order valence-corrected chi connectivity index (χ2v) is 7.52. The molecule has 0 saturated heterocycles. The van der Waals surface area contributed by atoms with E-state index in [-0.39, 0.29) is 35.6 Å². The first-order valence-electron chi connectivity index (χ1n) is 7.94.